The average Bonchev–Trinajstić information content (AvgIpc) is 2.69. The minimum absolute atomic E-state index is 0.0148. The van der Waals surface area contributed by atoms with E-state index >= 15 is 0 Å². The summed E-state index contributed by atoms with van der Waals surface area (Å²) in [4.78, 5) is 22.6. The van der Waals surface area contributed by atoms with E-state index in [2.05, 4.69) is 11.8 Å². The fourth-order valence-corrected chi connectivity index (χ4v) is 2.60. The Balaban J connectivity index is 1.79. The molecule has 0 radical (unpaired) electrons. The summed E-state index contributed by atoms with van der Waals surface area (Å²) in [5, 5.41) is 9.02. The number of carboxylic acids is 1. The average molecular weight is 380 g/mol. The Hall–Kier alpha value is -3.10. The third-order valence-corrected chi connectivity index (χ3v) is 4.14. The van der Waals surface area contributed by atoms with E-state index in [0.717, 1.165) is 17.5 Å². The van der Waals surface area contributed by atoms with Crippen molar-refractivity contribution in [3.63, 3.8) is 0 Å². The summed E-state index contributed by atoms with van der Waals surface area (Å²) in [6.45, 7) is 2.02. The van der Waals surface area contributed by atoms with Crippen LogP contribution in [-0.4, -0.2) is 36.7 Å². The van der Waals surface area contributed by atoms with Crippen LogP contribution in [0.1, 0.15) is 41.3 Å². The Morgan fingerprint density at radius 2 is 1.82 bits per heavy atom. The smallest absolute Gasteiger partial charge is 0.333 e. The summed E-state index contributed by atoms with van der Waals surface area (Å²) < 4.78 is 10.6. The number of para-hydroxylation sites is 1. The Bertz CT molecular complexity index is 859. The molecule has 5 nitrogen and oxygen atoms in total. The first-order valence-corrected chi connectivity index (χ1v) is 9.07. The lowest BCUT2D eigenvalue weighted by Crippen LogP contribution is -2.24. The van der Waals surface area contributed by atoms with E-state index in [1.165, 1.54) is 14.0 Å². The van der Waals surface area contributed by atoms with Gasteiger partial charge in [0, 0.05) is 25.5 Å². The molecule has 0 aliphatic carbocycles. The zero-order valence-corrected chi connectivity index (χ0v) is 16.1. The van der Waals surface area contributed by atoms with Gasteiger partial charge >= 0.3 is 5.97 Å². The van der Waals surface area contributed by atoms with Crippen LogP contribution in [0.3, 0.4) is 0 Å². The highest BCUT2D eigenvalue weighted by Gasteiger charge is 2.16. The fraction of sp³-hybridized carbons (Fsp3) is 0.304. The third kappa shape index (κ3) is 6.57. The molecule has 0 spiro atoms. The van der Waals surface area contributed by atoms with Crippen molar-refractivity contribution in [3.8, 4) is 17.6 Å². The van der Waals surface area contributed by atoms with Gasteiger partial charge in [-0.2, -0.15) is 0 Å². The van der Waals surface area contributed by atoms with E-state index in [0.29, 0.717) is 30.8 Å². The fourth-order valence-electron chi connectivity index (χ4n) is 2.60. The minimum atomic E-state index is -0.973. The molecule has 0 unspecified atom stereocenters. The van der Waals surface area contributed by atoms with Crippen LogP contribution in [0.2, 0.25) is 0 Å². The number of rotatable bonds is 9. The van der Waals surface area contributed by atoms with Crippen LogP contribution in [0.25, 0.3) is 0 Å². The quantitative estimate of drug-likeness (QED) is 0.408. The van der Waals surface area contributed by atoms with Gasteiger partial charge in [-0.15, -0.1) is 0 Å². The molecule has 0 heterocycles. The van der Waals surface area contributed by atoms with Gasteiger partial charge in [-0.25, -0.2) is 4.79 Å². The second kappa shape index (κ2) is 10.9. The van der Waals surface area contributed by atoms with Gasteiger partial charge in [0.05, 0.1) is 12.2 Å². The molecular weight excluding hydrogens is 356 g/mol. The number of carbonyl (C=O) groups is 2. The molecule has 2 aromatic carbocycles. The second-order valence-electron chi connectivity index (χ2n) is 6.27. The highest BCUT2D eigenvalue weighted by atomic mass is 16.5. The van der Waals surface area contributed by atoms with Crippen LogP contribution in [0, 0.1) is 11.8 Å². The Labute approximate surface area is 165 Å². The Morgan fingerprint density at radius 3 is 2.46 bits per heavy atom. The lowest BCUT2D eigenvalue weighted by atomic mass is 10.1. The molecule has 28 heavy (non-hydrogen) atoms. The summed E-state index contributed by atoms with van der Waals surface area (Å²) >= 11 is 0. The van der Waals surface area contributed by atoms with Crippen molar-refractivity contribution in [2.24, 2.45) is 0 Å². The predicted octanol–water partition coefficient (Wildman–Crippen LogP) is 3.74. The van der Waals surface area contributed by atoms with E-state index < -0.39 is 12.1 Å². The number of carbonyl (C=O) groups excluding carboxylic acids is 1. The normalized spacial score (nSPS) is 11.2. The number of carboxylic acid groups (broad SMARTS) is 1. The maximum absolute atomic E-state index is 11.6. The lowest BCUT2D eigenvalue weighted by Gasteiger charge is -2.10. The summed E-state index contributed by atoms with van der Waals surface area (Å²) in [6.07, 6.45) is 0.906. The van der Waals surface area contributed by atoms with Gasteiger partial charge in [-0.3, -0.25) is 4.79 Å². The topological polar surface area (TPSA) is 72.8 Å². The largest absolute Gasteiger partial charge is 0.493 e. The molecule has 2 aromatic rings. The first-order chi connectivity index (χ1) is 13.5. The number of methoxy groups -OCH3 is 1. The molecule has 0 aromatic heterocycles. The van der Waals surface area contributed by atoms with Crippen molar-refractivity contribution >= 4 is 11.8 Å². The van der Waals surface area contributed by atoms with Crippen molar-refractivity contribution in [2.45, 2.75) is 32.3 Å². The number of ketones is 1. The molecule has 146 valence electrons. The Morgan fingerprint density at radius 1 is 1.11 bits per heavy atom. The minimum Gasteiger partial charge on any atom is -0.493 e. The van der Waals surface area contributed by atoms with E-state index in [9.17, 15) is 9.59 Å². The molecule has 0 aliphatic heterocycles. The van der Waals surface area contributed by atoms with Crippen molar-refractivity contribution in [2.75, 3.05) is 13.7 Å². The molecule has 0 amide bonds. The molecule has 5 heteroatoms. The van der Waals surface area contributed by atoms with Gasteiger partial charge < -0.3 is 14.6 Å². The van der Waals surface area contributed by atoms with Crippen LogP contribution in [-0.2, 0) is 16.0 Å². The molecule has 0 aliphatic rings. The summed E-state index contributed by atoms with van der Waals surface area (Å²) in [5.41, 5.74) is 2.35. The number of aliphatic carboxylic acids is 1. The van der Waals surface area contributed by atoms with E-state index in [4.69, 9.17) is 14.6 Å². The van der Waals surface area contributed by atoms with Gasteiger partial charge in [-0.05, 0) is 43.2 Å². The highest BCUT2D eigenvalue weighted by molar-refractivity contribution is 5.96. The Kier molecular flexibility index (Phi) is 8.26. The third-order valence-electron chi connectivity index (χ3n) is 4.14. The summed E-state index contributed by atoms with van der Waals surface area (Å²) in [5.74, 6) is 5.80. The number of hydrogen-bond acceptors (Lipinski definition) is 4. The van der Waals surface area contributed by atoms with Crippen molar-refractivity contribution in [3.05, 3.63) is 65.2 Å². The summed E-state index contributed by atoms with van der Waals surface area (Å²) in [6, 6.07) is 14.7. The number of Topliss-reactive ketones (excluding diaryl/α,β-unsaturated/α-hetero) is 1. The molecule has 1 N–H and O–H groups in total. The van der Waals surface area contributed by atoms with Crippen molar-refractivity contribution in [1.29, 1.82) is 0 Å². The van der Waals surface area contributed by atoms with Gasteiger partial charge in [-0.1, -0.05) is 36.1 Å². The molecule has 0 fully saturated rings. The van der Waals surface area contributed by atoms with Crippen LogP contribution < -0.4 is 4.74 Å². The zero-order valence-electron chi connectivity index (χ0n) is 16.1. The molecule has 0 saturated carbocycles. The first-order valence-electron chi connectivity index (χ1n) is 9.07. The highest BCUT2D eigenvalue weighted by Crippen LogP contribution is 2.18. The number of hydrogen-bond donors (Lipinski definition) is 1. The van der Waals surface area contributed by atoms with Crippen LogP contribution in [0.5, 0.6) is 5.75 Å². The lowest BCUT2D eigenvalue weighted by molar-refractivity contribution is -0.148. The standard InChI is InChI=1S/C23H24O5/c1-17(24)20-9-5-6-10-21(20)28-15-7-3-4-8-18-11-13-19(14-12-18)16-22(27-2)23(25)26/h5-6,9-14,22H,3,7,15-16H2,1-2H3,(H,25,26)/t22-/m0/s1. The zero-order chi connectivity index (χ0) is 20.4. The van der Waals surface area contributed by atoms with Crippen molar-refractivity contribution < 1.29 is 24.2 Å². The molecule has 0 bridgehead atoms. The maximum Gasteiger partial charge on any atom is 0.333 e. The number of benzene rings is 2. The van der Waals surface area contributed by atoms with E-state index in [1.807, 2.05) is 36.4 Å². The van der Waals surface area contributed by atoms with Gasteiger partial charge in [0.2, 0.25) is 0 Å². The second-order valence-corrected chi connectivity index (χ2v) is 6.27. The molecule has 1 atom stereocenters. The predicted molar refractivity (Wildman–Crippen MR) is 107 cm³/mol. The van der Waals surface area contributed by atoms with E-state index in [-0.39, 0.29) is 5.78 Å². The summed E-state index contributed by atoms with van der Waals surface area (Å²) in [7, 11) is 1.39. The van der Waals surface area contributed by atoms with Gasteiger partial charge in [0.25, 0.3) is 0 Å². The molecule has 2 rings (SSSR count). The first kappa shape index (κ1) is 21.2. The maximum atomic E-state index is 11.6. The van der Waals surface area contributed by atoms with Gasteiger partial charge in [0.15, 0.2) is 11.9 Å². The van der Waals surface area contributed by atoms with Crippen LogP contribution in [0.15, 0.2) is 48.5 Å². The van der Waals surface area contributed by atoms with E-state index in [1.54, 1.807) is 12.1 Å². The van der Waals surface area contributed by atoms with Gasteiger partial charge in [0.1, 0.15) is 5.75 Å². The van der Waals surface area contributed by atoms with Crippen LogP contribution in [0.4, 0.5) is 0 Å². The monoisotopic (exact) mass is 380 g/mol. The van der Waals surface area contributed by atoms with Crippen LogP contribution >= 0.6 is 0 Å². The molecular formula is C23H24O5. The number of ether oxygens (including phenoxy) is 2. The molecule has 0 saturated heterocycles. The number of unbranched alkanes of at least 4 members (excludes halogenated alkanes) is 1. The SMILES string of the molecule is CO[C@@H](Cc1ccc(C#CCCCOc2ccccc2C(C)=O)cc1)C(=O)O. The van der Waals surface area contributed by atoms with Crippen molar-refractivity contribution in [1.82, 2.24) is 0 Å².